The summed E-state index contributed by atoms with van der Waals surface area (Å²) in [7, 11) is 0. The van der Waals surface area contributed by atoms with Crippen LogP contribution in [0.1, 0.15) is 33.4 Å². The van der Waals surface area contributed by atoms with Crippen LogP contribution < -0.4 is 0 Å². The summed E-state index contributed by atoms with van der Waals surface area (Å²) in [5, 5.41) is 24.7. The molecule has 5 heteroatoms. The van der Waals surface area contributed by atoms with Gasteiger partial charge in [0.05, 0.1) is 56.7 Å². The van der Waals surface area contributed by atoms with E-state index in [0.717, 1.165) is 65.9 Å². The molecule has 0 aliphatic rings. The third kappa shape index (κ3) is 5.87. The summed E-state index contributed by atoms with van der Waals surface area (Å²) in [4.78, 5) is 0. The van der Waals surface area contributed by atoms with E-state index in [4.69, 9.17) is 0 Å². The number of fused-ring (bicyclic) bond motifs is 6. The van der Waals surface area contributed by atoms with Gasteiger partial charge in [-0.3, -0.25) is 0 Å². The monoisotopic (exact) mass is 760 g/mol. The Morgan fingerprint density at radius 2 is 0.847 bits per heavy atom. The van der Waals surface area contributed by atoms with Crippen molar-refractivity contribution >= 4 is 43.6 Å². The Morgan fingerprint density at radius 1 is 0.407 bits per heavy atom. The Kier molecular flexibility index (Phi) is 8.30. The second-order valence-corrected chi connectivity index (χ2v) is 15.7. The molecule has 0 spiro atoms. The van der Waals surface area contributed by atoms with Crippen LogP contribution in [0.15, 0.2) is 152 Å². The van der Waals surface area contributed by atoms with Crippen LogP contribution in [-0.2, 0) is 0 Å². The van der Waals surface area contributed by atoms with Gasteiger partial charge in [0.25, 0.3) is 0 Å². The Bertz CT molecular complexity index is 3240. The molecule has 2 heterocycles. The van der Waals surface area contributed by atoms with Gasteiger partial charge in [0.15, 0.2) is 0 Å². The number of nitriles is 2. The van der Waals surface area contributed by atoms with Crippen molar-refractivity contribution in [2.24, 2.45) is 0 Å². The first-order chi connectivity index (χ1) is 28.7. The molecule has 0 N–H and O–H groups in total. The zero-order valence-electron chi connectivity index (χ0n) is 33.1. The molecule has 0 bridgehead atoms. The molecule has 0 fully saturated rings. The molecule has 2 aromatic heterocycles. The third-order valence-corrected chi connectivity index (χ3v) is 11.5. The maximum atomic E-state index is 16.8. The second-order valence-electron chi connectivity index (χ2n) is 15.7. The summed E-state index contributed by atoms with van der Waals surface area (Å²) >= 11 is 0. The zero-order chi connectivity index (χ0) is 40.5. The highest BCUT2D eigenvalue weighted by Crippen LogP contribution is 2.44. The molecule has 0 saturated carbocycles. The lowest BCUT2D eigenvalue weighted by Gasteiger charge is -2.21. The highest BCUT2D eigenvalue weighted by atomic mass is 19.1. The third-order valence-electron chi connectivity index (χ3n) is 11.5. The van der Waals surface area contributed by atoms with Crippen molar-refractivity contribution in [2.45, 2.75) is 27.7 Å². The number of aromatic nitrogens is 2. The summed E-state index contributed by atoms with van der Waals surface area (Å²) in [6.07, 6.45) is 0. The van der Waals surface area contributed by atoms with Gasteiger partial charge in [0, 0.05) is 32.7 Å². The number of halogens is 1. The van der Waals surface area contributed by atoms with E-state index in [0.29, 0.717) is 28.1 Å². The molecule has 0 saturated heterocycles. The number of para-hydroxylation sites is 2. The first-order valence-corrected chi connectivity index (χ1v) is 19.7. The van der Waals surface area contributed by atoms with Crippen LogP contribution in [0.4, 0.5) is 4.39 Å². The fourth-order valence-electron chi connectivity index (χ4n) is 9.20. The van der Waals surface area contributed by atoms with Gasteiger partial charge in [-0.25, -0.2) is 4.39 Å². The number of benzene rings is 8. The molecule has 0 unspecified atom stereocenters. The summed E-state index contributed by atoms with van der Waals surface area (Å²) in [6.45, 7) is 8.47. The lowest BCUT2D eigenvalue weighted by Crippen LogP contribution is -2.06. The molecule has 59 heavy (non-hydrogen) atoms. The van der Waals surface area contributed by atoms with Gasteiger partial charge in [0.2, 0.25) is 0 Å². The van der Waals surface area contributed by atoms with Crippen LogP contribution >= 0.6 is 0 Å². The van der Waals surface area contributed by atoms with Crippen molar-refractivity contribution in [1.82, 2.24) is 9.13 Å². The van der Waals surface area contributed by atoms with Crippen molar-refractivity contribution in [2.75, 3.05) is 0 Å². The molecule has 10 aromatic rings. The first-order valence-electron chi connectivity index (χ1n) is 19.7. The first kappa shape index (κ1) is 35.7. The van der Waals surface area contributed by atoms with Crippen LogP contribution in [0, 0.1) is 56.2 Å². The number of hydrogen-bond donors (Lipinski definition) is 0. The molecule has 10 rings (SSSR count). The number of hydrogen-bond acceptors (Lipinski definition) is 2. The van der Waals surface area contributed by atoms with Crippen molar-refractivity contribution in [3.8, 4) is 56.9 Å². The van der Waals surface area contributed by atoms with Gasteiger partial charge in [-0.15, -0.1) is 0 Å². The average molecular weight is 761 g/mol. The van der Waals surface area contributed by atoms with E-state index in [9.17, 15) is 10.5 Å². The molecule has 8 aromatic carbocycles. The van der Waals surface area contributed by atoms with Crippen molar-refractivity contribution in [1.29, 1.82) is 10.5 Å². The average Bonchev–Trinajstić information content (AvgIpc) is 3.74. The zero-order valence-corrected chi connectivity index (χ0v) is 33.1. The highest BCUT2D eigenvalue weighted by Gasteiger charge is 2.25. The summed E-state index contributed by atoms with van der Waals surface area (Å²) in [5.74, 6) is -0.521. The van der Waals surface area contributed by atoms with Crippen molar-refractivity contribution < 1.29 is 4.39 Å². The van der Waals surface area contributed by atoms with E-state index < -0.39 is 5.82 Å². The molecule has 4 nitrogen and oxygen atoms in total. The van der Waals surface area contributed by atoms with Crippen LogP contribution in [0.5, 0.6) is 0 Å². The number of aryl methyl sites for hydroxylation is 4. The summed E-state index contributed by atoms with van der Waals surface area (Å²) < 4.78 is 21.1. The number of nitrogens with zero attached hydrogens (tertiary/aromatic N) is 4. The topological polar surface area (TPSA) is 57.4 Å². The van der Waals surface area contributed by atoms with Gasteiger partial charge in [-0.1, -0.05) is 107 Å². The van der Waals surface area contributed by atoms with E-state index in [1.165, 1.54) is 28.3 Å². The molecular weight excluding hydrogens is 724 g/mol. The van der Waals surface area contributed by atoms with Gasteiger partial charge in [0.1, 0.15) is 5.82 Å². The van der Waals surface area contributed by atoms with Gasteiger partial charge < -0.3 is 9.13 Å². The quantitative estimate of drug-likeness (QED) is 0.175. The predicted octanol–water partition coefficient (Wildman–Crippen LogP) is 14.0. The second kappa shape index (κ2) is 13.7. The van der Waals surface area contributed by atoms with Crippen molar-refractivity contribution in [3.05, 3.63) is 191 Å². The van der Waals surface area contributed by atoms with Gasteiger partial charge in [-0.05, 0) is 117 Å². The van der Waals surface area contributed by atoms with Crippen LogP contribution in [0.3, 0.4) is 0 Å². The Labute approximate surface area is 341 Å². The maximum Gasteiger partial charge on any atom is 0.132 e. The standard InChI is InChI=1S/C54H37FN4/c1-32-19-33(2)22-40(21-32)38-14-17-50-45(28-38)42-9-5-7-11-48(42)58(50)52-26-37(31-57)27-53(54(52)44-16-13-36(30-56)25-47(44)55)59-49-12-8-6-10-43(49)46-29-39(15-18-51(46)59)41-23-34(3)20-35(4)24-41/h5-29H,1-4H3. The minimum absolute atomic E-state index is 0.231. The largest absolute Gasteiger partial charge is 0.308 e. The Morgan fingerprint density at radius 3 is 1.29 bits per heavy atom. The van der Waals surface area contributed by atoms with Crippen LogP contribution in [0.25, 0.3) is 88.4 Å². The molecule has 0 atom stereocenters. The molecule has 280 valence electrons. The molecule has 0 aliphatic carbocycles. The van der Waals surface area contributed by atoms with Crippen molar-refractivity contribution in [3.63, 3.8) is 0 Å². The van der Waals surface area contributed by atoms with Gasteiger partial charge in [-0.2, -0.15) is 10.5 Å². The van der Waals surface area contributed by atoms with Crippen LogP contribution in [0.2, 0.25) is 0 Å². The van der Waals surface area contributed by atoms with E-state index in [2.05, 4.69) is 146 Å². The fourth-order valence-corrected chi connectivity index (χ4v) is 9.20. The predicted molar refractivity (Wildman–Crippen MR) is 240 cm³/mol. The summed E-state index contributed by atoms with van der Waals surface area (Å²) in [6, 6.07) is 55.7. The molecule has 0 amide bonds. The number of rotatable bonds is 5. The minimum atomic E-state index is -0.521. The van der Waals surface area contributed by atoms with Gasteiger partial charge >= 0.3 is 0 Å². The van der Waals surface area contributed by atoms with E-state index in [1.807, 2.05) is 36.4 Å². The normalized spacial score (nSPS) is 11.4. The van der Waals surface area contributed by atoms with Crippen LogP contribution in [-0.4, -0.2) is 9.13 Å². The maximum absolute atomic E-state index is 16.8. The minimum Gasteiger partial charge on any atom is -0.308 e. The lowest BCUT2D eigenvalue weighted by atomic mass is 9.96. The SMILES string of the molecule is Cc1cc(C)cc(-c2ccc3c(c2)c2ccccc2n3-c2cc(C#N)cc(-n3c4ccccc4c4cc(-c5cc(C)cc(C)c5)ccc43)c2-c2ccc(C#N)cc2F)c1. The fraction of sp³-hybridized carbons (Fsp3) is 0.0741. The Hall–Kier alpha value is -7.73. The lowest BCUT2D eigenvalue weighted by molar-refractivity contribution is 0.630. The Balaban J connectivity index is 1.32. The highest BCUT2D eigenvalue weighted by molar-refractivity contribution is 6.13. The summed E-state index contributed by atoms with van der Waals surface area (Å²) in [5.41, 5.74) is 15.9. The molecule has 0 radical (unpaired) electrons. The van der Waals surface area contributed by atoms with E-state index in [-0.39, 0.29) is 5.56 Å². The smallest absolute Gasteiger partial charge is 0.132 e. The van der Waals surface area contributed by atoms with E-state index >= 15 is 4.39 Å². The molecule has 0 aliphatic heterocycles. The molecular formula is C54H37FN4. The van der Waals surface area contributed by atoms with E-state index in [1.54, 1.807) is 12.1 Å².